The number of anilines is 4. The molecule has 2 heterocycles. The third-order valence-corrected chi connectivity index (χ3v) is 6.80. The summed E-state index contributed by atoms with van der Waals surface area (Å²) in [5.74, 6) is 1.72. The fraction of sp³-hybridized carbons (Fsp3) is 0.522. The number of aromatic nitrogens is 2. The molecule has 1 aromatic carbocycles. The van der Waals surface area contributed by atoms with Gasteiger partial charge in [-0.2, -0.15) is 4.98 Å². The van der Waals surface area contributed by atoms with E-state index in [4.69, 9.17) is 9.72 Å². The van der Waals surface area contributed by atoms with Crippen LogP contribution >= 0.6 is 0 Å². The van der Waals surface area contributed by atoms with E-state index in [1.54, 1.807) is 12.1 Å². The monoisotopic (exact) mass is 423 g/mol. The number of nitrogens with zero attached hydrogens (tertiary/aromatic N) is 4. The highest BCUT2D eigenvalue weighted by molar-refractivity contribution is 5.89. The molecule has 8 heteroatoms. The fourth-order valence-electron chi connectivity index (χ4n) is 5.04. The summed E-state index contributed by atoms with van der Waals surface area (Å²) in [4.78, 5) is 25.7. The Morgan fingerprint density at radius 1 is 1.23 bits per heavy atom. The second-order valence-corrected chi connectivity index (χ2v) is 8.88. The summed E-state index contributed by atoms with van der Waals surface area (Å²) in [6.07, 6.45) is 9.53. The van der Waals surface area contributed by atoms with Crippen LogP contribution in [0.25, 0.3) is 0 Å². The molecule has 0 spiro atoms. The molecule has 164 valence electrons. The molecule has 0 amide bonds. The first kappa shape index (κ1) is 19.9. The molecule has 2 aromatic rings. The smallest absolute Gasteiger partial charge is 0.335 e. The summed E-state index contributed by atoms with van der Waals surface area (Å²) in [6.45, 7) is 1.02. The van der Waals surface area contributed by atoms with Crippen LogP contribution in [0.2, 0.25) is 0 Å². The average molecular weight is 424 g/mol. The first-order chi connectivity index (χ1) is 15.0. The van der Waals surface area contributed by atoms with E-state index in [2.05, 4.69) is 27.1 Å². The predicted octanol–water partition coefficient (Wildman–Crippen LogP) is 3.90. The standard InChI is InChI=1S/C23H29N5O3/c1-27-13-19(14-7-8-14)28(16-5-3-4-6-16)21-18(27)12-24-23(26-21)25-17-10-9-15(22(29)30)11-20(17)31-2/h9-12,14,16,19H,3-8,13H2,1-2H3,(H,29,30)(H,24,25,26)/t19-/m0/s1. The topological polar surface area (TPSA) is 90.8 Å². The van der Waals surface area contributed by atoms with Crippen molar-refractivity contribution in [2.24, 2.45) is 5.92 Å². The van der Waals surface area contributed by atoms with E-state index in [0.29, 0.717) is 29.5 Å². The molecule has 0 radical (unpaired) electrons. The van der Waals surface area contributed by atoms with Gasteiger partial charge in [0.25, 0.3) is 0 Å². The van der Waals surface area contributed by atoms with Gasteiger partial charge in [0.1, 0.15) is 5.75 Å². The number of benzene rings is 1. The summed E-state index contributed by atoms with van der Waals surface area (Å²) in [5.41, 5.74) is 1.89. The van der Waals surface area contributed by atoms with Crippen LogP contribution in [0.4, 0.5) is 23.1 Å². The van der Waals surface area contributed by atoms with Gasteiger partial charge in [0.15, 0.2) is 5.82 Å². The van der Waals surface area contributed by atoms with Gasteiger partial charge in [0.05, 0.1) is 36.3 Å². The van der Waals surface area contributed by atoms with Gasteiger partial charge in [-0.3, -0.25) is 0 Å². The van der Waals surface area contributed by atoms with Gasteiger partial charge >= 0.3 is 5.97 Å². The van der Waals surface area contributed by atoms with Gasteiger partial charge in [0, 0.05) is 19.6 Å². The Kier molecular flexibility index (Phi) is 5.08. The number of carboxylic acids is 1. The van der Waals surface area contributed by atoms with Crippen LogP contribution in [0.1, 0.15) is 48.9 Å². The normalized spacial score (nSPS) is 21.2. The number of carbonyl (C=O) groups is 1. The van der Waals surface area contributed by atoms with Gasteiger partial charge in [-0.1, -0.05) is 12.8 Å². The van der Waals surface area contributed by atoms with E-state index in [1.807, 2.05) is 6.20 Å². The quantitative estimate of drug-likeness (QED) is 0.723. The van der Waals surface area contributed by atoms with Crippen LogP contribution in [-0.2, 0) is 0 Å². The number of nitrogens with one attached hydrogen (secondary N) is 1. The molecule has 2 fully saturated rings. The SMILES string of the molecule is COc1cc(C(=O)O)ccc1Nc1ncc2c(n1)N(C1CCCC1)[C@H](C1CC1)CN2C. The second-order valence-electron chi connectivity index (χ2n) is 8.88. The number of aromatic carboxylic acids is 1. The summed E-state index contributed by atoms with van der Waals surface area (Å²) < 4.78 is 5.40. The molecule has 8 nitrogen and oxygen atoms in total. The highest BCUT2D eigenvalue weighted by Gasteiger charge is 2.43. The Hall–Kier alpha value is -3.03. The minimum atomic E-state index is -0.990. The molecule has 2 N–H and O–H groups in total. The number of methoxy groups -OCH3 is 1. The Morgan fingerprint density at radius 3 is 2.68 bits per heavy atom. The largest absolute Gasteiger partial charge is 0.495 e. The molecule has 2 aliphatic carbocycles. The number of fused-ring (bicyclic) bond motifs is 1. The van der Waals surface area contributed by atoms with Crippen LogP contribution in [-0.4, -0.2) is 53.8 Å². The van der Waals surface area contributed by atoms with Crippen molar-refractivity contribution < 1.29 is 14.6 Å². The molecule has 0 unspecified atom stereocenters. The van der Waals surface area contributed by atoms with Crippen molar-refractivity contribution in [3.05, 3.63) is 30.0 Å². The molecule has 5 rings (SSSR count). The van der Waals surface area contributed by atoms with E-state index < -0.39 is 5.97 Å². The zero-order valence-corrected chi connectivity index (χ0v) is 18.0. The molecular weight excluding hydrogens is 394 g/mol. The molecule has 0 saturated heterocycles. The molecule has 1 aromatic heterocycles. The van der Waals surface area contributed by atoms with Gasteiger partial charge in [-0.25, -0.2) is 9.78 Å². The zero-order valence-electron chi connectivity index (χ0n) is 18.0. The Morgan fingerprint density at radius 2 is 2.00 bits per heavy atom. The van der Waals surface area contributed by atoms with Crippen LogP contribution in [0.3, 0.4) is 0 Å². The summed E-state index contributed by atoms with van der Waals surface area (Å²) >= 11 is 0. The first-order valence-electron chi connectivity index (χ1n) is 11.1. The summed E-state index contributed by atoms with van der Waals surface area (Å²) in [7, 11) is 3.65. The molecule has 0 bridgehead atoms. The van der Waals surface area contributed by atoms with Gasteiger partial charge in [0.2, 0.25) is 5.95 Å². The van der Waals surface area contributed by atoms with Crippen molar-refractivity contribution in [1.29, 1.82) is 0 Å². The average Bonchev–Trinajstić information content (AvgIpc) is 3.48. The number of ether oxygens (including phenoxy) is 1. The third kappa shape index (κ3) is 3.75. The van der Waals surface area contributed by atoms with Crippen molar-refractivity contribution in [3.8, 4) is 5.75 Å². The lowest BCUT2D eigenvalue weighted by Crippen LogP contribution is -2.53. The third-order valence-electron chi connectivity index (χ3n) is 6.80. The van der Waals surface area contributed by atoms with Crippen molar-refractivity contribution in [1.82, 2.24) is 9.97 Å². The maximum absolute atomic E-state index is 11.3. The lowest BCUT2D eigenvalue weighted by Gasteiger charge is -2.45. The molecule has 3 aliphatic rings. The first-order valence-corrected chi connectivity index (χ1v) is 11.1. The lowest BCUT2D eigenvalue weighted by atomic mass is 10.0. The van der Waals surface area contributed by atoms with E-state index >= 15 is 0 Å². The lowest BCUT2D eigenvalue weighted by molar-refractivity contribution is 0.0696. The maximum Gasteiger partial charge on any atom is 0.335 e. The van der Waals surface area contributed by atoms with Crippen LogP contribution < -0.4 is 19.9 Å². The molecule has 2 saturated carbocycles. The number of likely N-dealkylation sites (N-methyl/N-ethyl adjacent to an activating group) is 1. The van der Waals surface area contributed by atoms with E-state index in [1.165, 1.54) is 51.7 Å². The molecule has 1 aliphatic heterocycles. The highest BCUT2D eigenvalue weighted by atomic mass is 16.5. The van der Waals surface area contributed by atoms with Gasteiger partial charge in [-0.15, -0.1) is 0 Å². The van der Waals surface area contributed by atoms with Crippen molar-refractivity contribution in [3.63, 3.8) is 0 Å². The molecular formula is C23H29N5O3. The summed E-state index contributed by atoms with van der Waals surface area (Å²) in [5, 5.41) is 12.5. The molecule has 31 heavy (non-hydrogen) atoms. The number of hydrogen-bond donors (Lipinski definition) is 2. The van der Waals surface area contributed by atoms with E-state index in [9.17, 15) is 9.90 Å². The maximum atomic E-state index is 11.3. The van der Waals surface area contributed by atoms with Crippen molar-refractivity contribution in [2.45, 2.75) is 50.6 Å². The van der Waals surface area contributed by atoms with E-state index in [0.717, 1.165) is 24.0 Å². The Labute approximate surface area is 182 Å². The van der Waals surface area contributed by atoms with Gasteiger partial charge < -0.3 is 25.0 Å². The molecule has 1 atom stereocenters. The fourth-order valence-corrected chi connectivity index (χ4v) is 5.04. The number of carboxylic acid groups (broad SMARTS) is 1. The zero-order chi connectivity index (χ0) is 21.5. The Balaban J connectivity index is 1.49. The minimum absolute atomic E-state index is 0.176. The van der Waals surface area contributed by atoms with Crippen molar-refractivity contribution >= 4 is 29.1 Å². The van der Waals surface area contributed by atoms with Crippen LogP contribution in [0.5, 0.6) is 5.75 Å². The van der Waals surface area contributed by atoms with Crippen LogP contribution in [0, 0.1) is 5.92 Å². The predicted molar refractivity (Wildman–Crippen MR) is 120 cm³/mol. The number of hydrogen-bond acceptors (Lipinski definition) is 7. The van der Waals surface area contributed by atoms with E-state index in [-0.39, 0.29) is 5.56 Å². The van der Waals surface area contributed by atoms with Crippen molar-refractivity contribution in [2.75, 3.05) is 35.8 Å². The second kappa shape index (κ2) is 7.90. The summed E-state index contributed by atoms with van der Waals surface area (Å²) in [6, 6.07) is 5.80. The minimum Gasteiger partial charge on any atom is -0.495 e. The Bertz CT molecular complexity index is 987. The number of rotatable bonds is 6. The van der Waals surface area contributed by atoms with Gasteiger partial charge in [-0.05, 0) is 49.8 Å². The van der Waals surface area contributed by atoms with Crippen LogP contribution in [0.15, 0.2) is 24.4 Å². The highest BCUT2D eigenvalue weighted by Crippen LogP contribution is 2.45.